The van der Waals surface area contributed by atoms with Crippen LogP contribution >= 0.6 is 0 Å². The van der Waals surface area contributed by atoms with Gasteiger partial charge in [-0.3, -0.25) is 4.79 Å². The largest absolute Gasteiger partial charge is 0.356 e. The Kier molecular flexibility index (Phi) is 20.1. The first-order chi connectivity index (χ1) is 12.3. The summed E-state index contributed by atoms with van der Waals surface area (Å²) < 4.78 is 0. The number of carbonyl (C=O) groups excluding carboxylic acids is 1. The number of nitrogens with one attached hydrogen (secondary N) is 1. The average molecular weight is 350 g/mol. The van der Waals surface area contributed by atoms with Crippen molar-refractivity contribution in [3.8, 4) is 0 Å². The summed E-state index contributed by atoms with van der Waals surface area (Å²) in [6.45, 7) is 5.29. The Morgan fingerprint density at radius 3 is 1.92 bits per heavy atom. The molecule has 0 aliphatic heterocycles. The molecule has 0 heterocycles. The zero-order chi connectivity index (χ0) is 18.4. The predicted octanol–water partition coefficient (Wildman–Crippen LogP) is 7.11. The highest BCUT2D eigenvalue weighted by Gasteiger charge is 1.99. The second-order valence-corrected chi connectivity index (χ2v) is 7.04. The predicted molar refractivity (Wildman–Crippen MR) is 112 cm³/mol. The summed E-state index contributed by atoms with van der Waals surface area (Å²) in [6.07, 6.45) is 27.0. The van der Waals surface area contributed by atoms with Gasteiger partial charge in [0.15, 0.2) is 0 Å². The van der Waals surface area contributed by atoms with Crippen LogP contribution in [0.1, 0.15) is 110 Å². The van der Waals surface area contributed by atoms with E-state index in [1.54, 1.807) is 0 Å². The Morgan fingerprint density at radius 2 is 1.24 bits per heavy atom. The molecule has 0 radical (unpaired) electrons. The third kappa shape index (κ3) is 20.9. The van der Waals surface area contributed by atoms with Crippen molar-refractivity contribution in [2.24, 2.45) is 0 Å². The number of amides is 1. The number of allylic oxidation sites excluding steroid dienone is 4. The minimum Gasteiger partial charge on any atom is -0.356 e. The fraction of sp³-hybridized carbons (Fsp3) is 0.783. The van der Waals surface area contributed by atoms with Crippen molar-refractivity contribution in [2.75, 3.05) is 6.54 Å². The van der Waals surface area contributed by atoms with E-state index in [4.69, 9.17) is 0 Å². The topological polar surface area (TPSA) is 29.1 Å². The molecule has 0 saturated carbocycles. The molecule has 0 rings (SSSR count). The van der Waals surface area contributed by atoms with Gasteiger partial charge in [-0.25, -0.2) is 0 Å². The van der Waals surface area contributed by atoms with E-state index in [0.29, 0.717) is 6.42 Å². The van der Waals surface area contributed by atoms with Crippen LogP contribution in [0.3, 0.4) is 0 Å². The van der Waals surface area contributed by atoms with Crippen LogP contribution in [0.25, 0.3) is 0 Å². The molecule has 0 bridgehead atoms. The Balaban J connectivity index is 3.25. The standard InChI is InChI=1S/C23H43NO/c1-3-5-7-8-9-10-11-12-13-14-15-16-17-18-19-21-23(25)24-22-20-6-4-2/h9-10,12-13H,3-8,11,14-22H2,1-2H3,(H,24,25)/b10-9-,13-12-. The van der Waals surface area contributed by atoms with E-state index >= 15 is 0 Å². The molecular weight excluding hydrogens is 306 g/mol. The molecule has 146 valence electrons. The summed E-state index contributed by atoms with van der Waals surface area (Å²) in [5.41, 5.74) is 0. The molecule has 1 N–H and O–H groups in total. The molecule has 0 aromatic rings. The molecule has 0 aliphatic rings. The lowest BCUT2D eigenvalue weighted by atomic mass is 10.1. The molecule has 2 heteroatoms. The molecule has 0 fully saturated rings. The highest BCUT2D eigenvalue weighted by Crippen LogP contribution is 2.08. The molecular formula is C23H43NO. The van der Waals surface area contributed by atoms with E-state index in [0.717, 1.165) is 25.8 Å². The average Bonchev–Trinajstić information content (AvgIpc) is 2.62. The van der Waals surface area contributed by atoms with E-state index in [1.807, 2.05) is 0 Å². The van der Waals surface area contributed by atoms with Crippen LogP contribution in [-0.4, -0.2) is 12.5 Å². The van der Waals surface area contributed by atoms with Gasteiger partial charge in [0.1, 0.15) is 0 Å². The van der Waals surface area contributed by atoms with E-state index in [1.165, 1.54) is 70.6 Å². The molecule has 0 aliphatic carbocycles. The number of unbranched alkanes of at least 4 members (excludes halogenated alkanes) is 10. The Labute approximate surface area is 157 Å². The Morgan fingerprint density at radius 1 is 0.680 bits per heavy atom. The third-order valence-electron chi connectivity index (χ3n) is 4.46. The summed E-state index contributed by atoms with van der Waals surface area (Å²) in [7, 11) is 0. The van der Waals surface area contributed by atoms with Gasteiger partial charge in [-0.1, -0.05) is 83.1 Å². The fourth-order valence-corrected chi connectivity index (χ4v) is 2.79. The van der Waals surface area contributed by atoms with E-state index < -0.39 is 0 Å². The summed E-state index contributed by atoms with van der Waals surface area (Å²) in [6, 6.07) is 0. The van der Waals surface area contributed by atoms with Crippen molar-refractivity contribution in [1.82, 2.24) is 5.32 Å². The van der Waals surface area contributed by atoms with Gasteiger partial charge in [0.25, 0.3) is 0 Å². The van der Waals surface area contributed by atoms with Crippen molar-refractivity contribution in [3.05, 3.63) is 24.3 Å². The molecule has 0 spiro atoms. The maximum Gasteiger partial charge on any atom is 0.219 e. The van der Waals surface area contributed by atoms with Gasteiger partial charge in [0, 0.05) is 13.0 Å². The monoisotopic (exact) mass is 349 g/mol. The maximum absolute atomic E-state index is 11.6. The van der Waals surface area contributed by atoms with Crippen molar-refractivity contribution < 1.29 is 4.79 Å². The van der Waals surface area contributed by atoms with Crippen molar-refractivity contribution in [3.63, 3.8) is 0 Å². The zero-order valence-electron chi connectivity index (χ0n) is 17.0. The molecule has 0 aromatic carbocycles. The normalized spacial score (nSPS) is 11.6. The van der Waals surface area contributed by atoms with Crippen molar-refractivity contribution >= 4 is 5.91 Å². The first-order valence-electron chi connectivity index (χ1n) is 10.9. The van der Waals surface area contributed by atoms with Crippen molar-refractivity contribution in [1.29, 1.82) is 0 Å². The van der Waals surface area contributed by atoms with Crippen LogP contribution in [0.4, 0.5) is 0 Å². The van der Waals surface area contributed by atoms with Crippen LogP contribution in [0.15, 0.2) is 24.3 Å². The maximum atomic E-state index is 11.6. The van der Waals surface area contributed by atoms with Crippen LogP contribution in [-0.2, 0) is 4.79 Å². The van der Waals surface area contributed by atoms with Gasteiger partial charge in [-0.05, 0) is 44.9 Å². The summed E-state index contributed by atoms with van der Waals surface area (Å²) in [5.74, 6) is 0.238. The quantitative estimate of drug-likeness (QED) is 0.207. The molecule has 1 amide bonds. The van der Waals surface area contributed by atoms with E-state index in [-0.39, 0.29) is 5.91 Å². The number of hydrogen-bond donors (Lipinski definition) is 1. The van der Waals surface area contributed by atoms with E-state index in [2.05, 4.69) is 43.5 Å². The van der Waals surface area contributed by atoms with Crippen LogP contribution in [0.5, 0.6) is 0 Å². The molecule has 0 unspecified atom stereocenters. The van der Waals surface area contributed by atoms with Gasteiger partial charge in [-0.15, -0.1) is 0 Å². The minimum absolute atomic E-state index is 0.238. The molecule has 0 atom stereocenters. The van der Waals surface area contributed by atoms with Crippen LogP contribution in [0, 0.1) is 0 Å². The Bertz CT molecular complexity index is 333. The number of rotatable bonds is 18. The molecule has 2 nitrogen and oxygen atoms in total. The summed E-state index contributed by atoms with van der Waals surface area (Å²) in [4.78, 5) is 11.6. The van der Waals surface area contributed by atoms with Crippen LogP contribution < -0.4 is 5.32 Å². The smallest absolute Gasteiger partial charge is 0.219 e. The summed E-state index contributed by atoms with van der Waals surface area (Å²) in [5, 5.41) is 3.01. The number of carbonyl (C=O) groups is 1. The van der Waals surface area contributed by atoms with Gasteiger partial charge < -0.3 is 5.32 Å². The SMILES string of the molecule is CCCCC/C=C\C/C=C\CCCCCCCC(=O)NCCCCC. The van der Waals surface area contributed by atoms with E-state index in [9.17, 15) is 4.79 Å². The molecule has 0 aromatic heterocycles. The van der Waals surface area contributed by atoms with Crippen molar-refractivity contribution in [2.45, 2.75) is 110 Å². The first-order valence-corrected chi connectivity index (χ1v) is 10.9. The minimum atomic E-state index is 0.238. The second-order valence-electron chi connectivity index (χ2n) is 7.04. The summed E-state index contributed by atoms with van der Waals surface area (Å²) >= 11 is 0. The number of hydrogen-bond acceptors (Lipinski definition) is 1. The Hall–Kier alpha value is -1.05. The molecule has 0 saturated heterocycles. The lowest BCUT2D eigenvalue weighted by Gasteiger charge is -2.04. The van der Waals surface area contributed by atoms with Gasteiger partial charge in [-0.2, -0.15) is 0 Å². The third-order valence-corrected chi connectivity index (χ3v) is 4.46. The highest BCUT2D eigenvalue weighted by molar-refractivity contribution is 5.75. The van der Waals surface area contributed by atoms with Gasteiger partial charge >= 0.3 is 0 Å². The lowest BCUT2D eigenvalue weighted by Crippen LogP contribution is -2.23. The second kappa shape index (κ2) is 21.0. The highest BCUT2D eigenvalue weighted by atomic mass is 16.1. The molecule has 25 heavy (non-hydrogen) atoms. The fourth-order valence-electron chi connectivity index (χ4n) is 2.79. The lowest BCUT2D eigenvalue weighted by molar-refractivity contribution is -0.121. The first kappa shape index (κ1) is 23.9. The zero-order valence-corrected chi connectivity index (χ0v) is 17.0. The van der Waals surface area contributed by atoms with Crippen LogP contribution in [0.2, 0.25) is 0 Å². The van der Waals surface area contributed by atoms with Gasteiger partial charge in [0.05, 0.1) is 0 Å². The van der Waals surface area contributed by atoms with Gasteiger partial charge in [0.2, 0.25) is 5.91 Å².